The van der Waals surface area contributed by atoms with Crippen molar-refractivity contribution in [1.82, 2.24) is 10.6 Å². The van der Waals surface area contributed by atoms with Gasteiger partial charge in [-0.3, -0.25) is 0 Å². The smallest absolute Gasteiger partial charge is 0.191 e. The summed E-state index contributed by atoms with van der Waals surface area (Å²) in [6, 6.07) is 5.21. The number of hydrogen-bond donors (Lipinski definition) is 2. The van der Waals surface area contributed by atoms with Gasteiger partial charge in [-0.2, -0.15) is 0 Å². The fraction of sp³-hybridized carbons (Fsp3) is 0.462. The highest BCUT2D eigenvalue weighted by molar-refractivity contribution is 14.0. The number of halogens is 2. The van der Waals surface area contributed by atoms with Gasteiger partial charge in [-0.15, -0.1) is 24.0 Å². The maximum absolute atomic E-state index is 13.3. The van der Waals surface area contributed by atoms with Crippen LogP contribution in [0.25, 0.3) is 0 Å². The first kappa shape index (κ1) is 17.2. The van der Waals surface area contributed by atoms with Crippen LogP contribution in [0.15, 0.2) is 23.2 Å². The fourth-order valence-corrected chi connectivity index (χ4v) is 1.41. The Morgan fingerprint density at radius 2 is 1.83 bits per heavy atom. The second kappa shape index (κ2) is 9.13. The van der Waals surface area contributed by atoms with Crippen molar-refractivity contribution in [2.45, 2.75) is 27.3 Å². The van der Waals surface area contributed by atoms with Crippen LogP contribution in [0.2, 0.25) is 0 Å². The Kier molecular flexibility index (Phi) is 8.70. The molecule has 0 aliphatic rings. The summed E-state index contributed by atoms with van der Waals surface area (Å²) in [6.07, 6.45) is 0. The summed E-state index contributed by atoms with van der Waals surface area (Å²) < 4.78 is 13.3. The minimum atomic E-state index is -0.175. The second-order valence-corrected chi connectivity index (χ2v) is 3.81. The van der Waals surface area contributed by atoms with Gasteiger partial charge >= 0.3 is 0 Å². The summed E-state index contributed by atoms with van der Waals surface area (Å²) in [7, 11) is 0. The molecule has 0 amide bonds. The zero-order chi connectivity index (χ0) is 12.7. The summed E-state index contributed by atoms with van der Waals surface area (Å²) in [5, 5.41) is 6.25. The summed E-state index contributed by atoms with van der Waals surface area (Å²) in [6.45, 7) is 7.89. The topological polar surface area (TPSA) is 36.4 Å². The lowest BCUT2D eigenvalue weighted by atomic mass is 10.1. The van der Waals surface area contributed by atoms with Gasteiger partial charge in [-0.1, -0.05) is 12.1 Å². The van der Waals surface area contributed by atoms with Gasteiger partial charge in [-0.25, -0.2) is 9.38 Å². The molecule has 0 saturated heterocycles. The third-order valence-corrected chi connectivity index (χ3v) is 2.34. The van der Waals surface area contributed by atoms with Crippen LogP contribution < -0.4 is 10.6 Å². The lowest BCUT2D eigenvalue weighted by molar-refractivity contribution is 0.616. The second-order valence-electron chi connectivity index (χ2n) is 3.81. The Labute approximate surface area is 125 Å². The fourth-order valence-electron chi connectivity index (χ4n) is 1.41. The van der Waals surface area contributed by atoms with Crippen molar-refractivity contribution in [3.8, 4) is 0 Å². The number of rotatable bonds is 4. The molecule has 3 nitrogen and oxygen atoms in total. The molecule has 1 aromatic carbocycles. The Hall–Kier alpha value is -0.850. The van der Waals surface area contributed by atoms with Crippen molar-refractivity contribution in [2.75, 3.05) is 13.1 Å². The van der Waals surface area contributed by atoms with Gasteiger partial charge in [0, 0.05) is 13.1 Å². The van der Waals surface area contributed by atoms with Crippen molar-refractivity contribution in [3.63, 3.8) is 0 Å². The molecule has 0 bridgehead atoms. The number of aryl methyl sites for hydroxylation is 1. The van der Waals surface area contributed by atoms with E-state index in [-0.39, 0.29) is 29.8 Å². The molecule has 0 aromatic heterocycles. The highest BCUT2D eigenvalue weighted by Gasteiger charge is 1.99. The largest absolute Gasteiger partial charge is 0.357 e. The molecule has 0 aliphatic carbocycles. The van der Waals surface area contributed by atoms with Gasteiger partial charge in [0.2, 0.25) is 0 Å². The highest BCUT2D eigenvalue weighted by Crippen LogP contribution is 2.09. The molecule has 0 spiro atoms. The molecule has 0 radical (unpaired) electrons. The number of guanidine groups is 1. The molecule has 0 unspecified atom stereocenters. The zero-order valence-electron chi connectivity index (χ0n) is 11.1. The van der Waals surface area contributed by atoms with Crippen molar-refractivity contribution >= 4 is 29.9 Å². The molecule has 0 fully saturated rings. The van der Waals surface area contributed by atoms with E-state index in [1.165, 1.54) is 6.07 Å². The average Bonchev–Trinajstić information content (AvgIpc) is 2.31. The van der Waals surface area contributed by atoms with Crippen LogP contribution in [0.1, 0.15) is 25.0 Å². The van der Waals surface area contributed by atoms with Crippen LogP contribution >= 0.6 is 24.0 Å². The monoisotopic (exact) mass is 365 g/mol. The normalized spacial score (nSPS) is 9.33. The third kappa shape index (κ3) is 5.66. The number of nitrogens with zero attached hydrogens (tertiary/aromatic N) is 1. The molecule has 5 heteroatoms. The Morgan fingerprint density at radius 1 is 1.22 bits per heavy atom. The maximum Gasteiger partial charge on any atom is 0.191 e. The molecule has 1 rings (SSSR count). The Balaban J connectivity index is 0.00000289. The lowest BCUT2D eigenvalue weighted by Gasteiger charge is -2.09. The van der Waals surface area contributed by atoms with Crippen LogP contribution in [0.4, 0.5) is 4.39 Å². The zero-order valence-corrected chi connectivity index (χ0v) is 13.4. The number of benzene rings is 1. The predicted molar refractivity (Wildman–Crippen MR) is 85.0 cm³/mol. The van der Waals surface area contributed by atoms with E-state index in [9.17, 15) is 4.39 Å². The van der Waals surface area contributed by atoms with Gasteiger partial charge in [-0.05, 0) is 38.0 Å². The quantitative estimate of drug-likeness (QED) is 0.489. The molecule has 1 aromatic rings. The van der Waals surface area contributed by atoms with E-state index in [0.717, 1.165) is 24.6 Å². The van der Waals surface area contributed by atoms with Crippen LogP contribution in [0, 0.1) is 12.7 Å². The van der Waals surface area contributed by atoms with E-state index in [2.05, 4.69) is 15.6 Å². The van der Waals surface area contributed by atoms with E-state index in [1.807, 2.05) is 19.9 Å². The van der Waals surface area contributed by atoms with Gasteiger partial charge in [0.1, 0.15) is 5.82 Å². The van der Waals surface area contributed by atoms with E-state index in [1.54, 1.807) is 13.0 Å². The minimum absolute atomic E-state index is 0. The van der Waals surface area contributed by atoms with Crippen molar-refractivity contribution < 1.29 is 4.39 Å². The maximum atomic E-state index is 13.3. The molecule has 0 aliphatic heterocycles. The predicted octanol–water partition coefficient (Wildman–Crippen LogP) is 2.83. The average molecular weight is 365 g/mol. The minimum Gasteiger partial charge on any atom is -0.357 e. The number of hydrogen-bond acceptors (Lipinski definition) is 1. The lowest BCUT2D eigenvalue weighted by Crippen LogP contribution is -2.36. The standard InChI is InChI=1S/C13H20FN3.HI/c1-4-15-13(16-5-2)17-9-11-7-6-10(3)12(14)8-11;/h6-8H,4-5,9H2,1-3H3,(H2,15,16,17);1H. The van der Waals surface area contributed by atoms with Gasteiger partial charge < -0.3 is 10.6 Å². The van der Waals surface area contributed by atoms with E-state index in [4.69, 9.17) is 0 Å². The molecule has 102 valence electrons. The van der Waals surface area contributed by atoms with E-state index in [0.29, 0.717) is 12.1 Å². The first-order valence-corrected chi connectivity index (χ1v) is 5.94. The van der Waals surface area contributed by atoms with Crippen LogP contribution in [0.5, 0.6) is 0 Å². The first-order chi connectivity index (χ1) is 8.17. The molecule has 2 N–H and O–H groups in total. The van der Waals surface area contributed by atoms with E-state index >= 15 is 0 Å². The molecule has 18 heavy (non-hydrogen) atoms. The summed E-state index contributed by atoms with van der Waals surface area (Å²) in [4.78, 5) is 4.37. The Morgan fingerprint density at radius 3 is 2.33 bits per heavy atom. The van der Waals surface area contributed by atoms with Crippen LogP contribution in [0.3, 0.4) is 0 Å². The van der Waals surface area contributed by atoms with Crippen LogP contribution in [-0.2, 0) is 6.54 Å². The number of nitrogens with one attached hydrogen (secondary N) is 2. The summed E-state index contributed by atoms with van der Waals surface area (Å²) in [5.41, 5.74) is 1.54. The highest BCUT2D eigenvalue weighted by atomic mass is 127. The van der Waals surface area contributed by atoms with Crippen molar-refractivity contribution in [3.05, 3.63) is 35.1 Å². The van der Waals surface area contributed by atoms with Gasteiger partial charge in [0.05, 0.1) is 6.54 Å². The molecule has 0 heterocycles. The van der Waals surface area contributed by atoms with E-state index < -0.39 is 0 Å². The molecule has 0 atom stereocenters. The Bertz CT molecular complexity index is 386. The molecule has 0 saturated carbocycles. The van der Waals surface area contributed by atoms with Gasteiger partial charge in [0.15, 0.2) is 5.96 Å². The SMILES string of the molecule is CCNC(=NCc1ccc(C)c(F)c1)NCC.I. The molecular formula is C13H21FIN3. The first-order valence-electron chi connectivity index (χ1n) is 5.94. The van der Waals surface area contributed by atoms with Gasteiger partial charge in [0.25, 0.3) is 0 Å². The molecular weight excluding hydrogens is 344 g/mol. The van der Waals surface area contributed by atoms with Crippen molar-refractivity contribution in [2.24, 2.45) is 4.99 Å². The third-order valence-electron chi connectivity index (χ3n) is 2.34. The van der Waals surface area contributed by atoms with Crippen LogP contribution in [-0.4, -0.2) is 19.0 Å². The number of aliphatic imine (C=N–C) groups is 1. The van der Waals surface area contributed by atoms with Crippen molar-refractivity contribution in [1.29, 1.82) is 0 Å². The summed E-state index contributed by atoms with van der Waals surface area (Å²) >= 11 is 0. The summed E-state index contributed by atoms with van der Waals surface area (Å²) in [5.74, 6) is 0.585.